The Morgan fingerprint density at radius 2 is 1.94 bits per heavy atom. The molecule has 1 nitrogen and oxygen atoms in total. The highest BCUT2D eigenvalue weighted by Gasteiger charge is 2.24. The molecule has 1 N–H and O–H groups in total. The van der Waals surface area contributed by atoms with Gasteiger partial charge in [-0.2, -0.15) is 0 Å². The van der Waals surface area contributed by atoms with Gasteiger partial charge in [-0.15, -0.1) is 0 Å². The van der Waals surface area contributed by atoms with Gasteiger partial charge in [-0.3, -0.25) is 0 Å². The van der Waals surface area contributed by atoms with Crippen molar-refractivity contribution >= 4 is 0 Å². The average molecular weight is 217 g/mol. The molecule has 0 aliphatic heterocycles. The van der Waals surface area contributed by atoms with E-state index in [9.17, 15) is 0 Å². The van der Waals surface area contributed by atoms with E-state index < -0.39 is 0 Å². The molecule has 2 unspecified atom stereocenters. The molecule has 2 rings (SSSR count). The molecule has 0 radical (unpaired) electrons. The monoisotopic (exact) mass is 217 g/mol. The Bertz CT molecular complexity index is 302. The largest absolute Gasteiger partial charge is 0.313 e. The summed E-state index contributed by atoms with van der Waals surface area (Å²) in [6.45, 7) is 5.80. The Morgan fingerprint density at radius 1 is 1.25 bits per heavy atom. The first-order valence-electron chi connectivity index (χ1n) is 6.59. The summed E-state index contributed by atoms with van der Waals surface area (Å²) in [6, 6.07) is 11.8. The third-order valence-corrected chi connectivity index (χ3v) is 3.76. The van der Waals surface area contributed by atoms with Crippen LogP contribution in [0.5, 0.6) is 0 Å². The minimum absolute atomic E-state index is 0.673. The standard InChI is InChI=1S/C15H23N/c1-3-12(2)15(11-16-14-9-10-14)13-7-5-4-6-8-13/h4-8,12,14-16H,3,9-11H2,1-2H3. The molecule has 0 heterocycles. The van der Waals surface area contributed by atoms with Crippen LogP contribution in [-0.4, -0.2) is 12.6 Å². The second-order valence-corrected chi connectivity index (χ2v) is 5.09. The Hall–Kier alpha value is -0.820. The van der Waals surface area contributed by atoms with E-state index in [0.29, 0.717) is 5.92 Å². The van der Waals surface area contributed by atoms with Gasteiger partial charge in [-0.1, -0.05) is 50.6 Å². The average Bonchev–Trinajstić information content (AvgIpc) is 3.14. The van der Waals surface area contributed by atoms with Crippen molar-refractivity contribution in [1.29, 1.82) is 0 Å². The fraction of sp³-hybridized carbons (Fsp3) is 0.600. The van der Waals surface area contributed by atoms with Gasteiger partial charge in [0.1, 0.15) is 0 Å². The normalized spacial score (nSPS) is 19.4. The molecule has 1 fully saturated rings. The molecule has 16 heavy (non-hydrogen) atoms. The lowest BCUT2D eigenvalue weighted by Gasteiger charge is -2.24. The second-order valence-electron chi connectivity index (χ2n) is 5.09. The first kappa shape index (κ1) is 11.7. The highest BCUT2D eigenvalue weighted by atomic mass is 14.9. The molecule has 1 aromatic carbocycles. The predicted octanol–water partition coefficient (Wildman–Crippen LogP) is 3.57. The van der Waals surface area contributed by atoms with Gasteiger partial charge in [0.25, 0.3) is 0 Å². The van der Waals surface area contributed by atoms with Crippen LogP contribution in [0.25, 0.3) is 0 Å². The summed E-state index contributed by atoms with van der Waals surface area (Å²) in [4.78, 5) is 0. The Balaban J connectivity index is 2.00. The molecular weight excluding hydrogens is 194 g/mol. The highest BCUT2D eigenvalue weighted by molar-refractivity contribution is 5.20. The van der Waals surface area contributed by atoms with Gasteiger partial charge in [0.2, 0.25) is 0 Å². The van der Waals surface area contributed by atoms with Gasteiger partial charge >= 0.3 is 0 Å². The minimum Gasteiger partial charge on any atom is -0.313 e. The van der Waals surface area contributed by atoms with Crippen molar-refractivity contribution in [3.63, 3.8) is 0 Å². The zero-order valence-corrected chi connectivity index (χ0v) is 10.4. The molecule has 1 aliphatic rings. The Morgan fingerprint density at radius 3 is 2.50 bits per heavy atom. The van der Waals surface area contributed by atoms with E-state index in [1.54, 1.807) is 0 Å². The van der Waals surface area contributed by atoms with Crippen molar-refractivity contribution in [3.8, 4) is 0 Å². The summed E-state index contributed by atoms with van der Waals surface area (Å²) in [5.74, 6) is 1.43. The lowest BCUT2D eigenvalue weighted by atomic mass is 9.85. The molecule has 0 spiro atoms. The topological polar surface area (TPSA) is 12.0 Å². The third kappa shape index (κ3) is 3.08. The van der Waals surface area contributed by atoms with Crippen molar-refractivity contribution < 1.29 is 0 Å². The van der Waals surface area contributed by atoms with Crippen LogP contribution in [-0.2, 0) is 0 Å². The lowest BCUT2D eigenvalue weighted by molar-refractivity contribution is 0.419. The molecule has 1 aromatic rings. The zero-order chi connectivity index (χ0) is 11.4. The van der Waals surface area contributed by atoms with E-state index >= 15 is 0 Å². The molecule has 0 amide bonds. The molecule has 2 atom stereocenters. The smallest absolute Gasteiger partial charge is 0.00684 e. The van der Waals surface area contributed by atoms with Crippen LogP contribution in [0.3, 0.4) is 0 Å². The van der Waals surface area contributed by atoms with E-state index in [0.717, 1.165) is 18.5 Å². The van der Waals surface area contributed by atoms with Crippen molar-refractivity contribution in [2.75, 3.05) is 6.54 Å². The first-order valence-corrected chi connectivity index (χ1v) is 6.59. The Kier molecular flexibility index (Phi) is 4.00. The third-order valence-electron chi connectivity index (χ3n) is 3.76. The van der Waals surface area contributed by atoms with Crippen LogP contribution in [0.4, 0.5) is 0 Å². The minimum atomic E-state index is 0.673. The van der Waals surface area contributed by atoms with Crippen LogP contribution in [0, 0.1) is 5.92 Å². The van der Waals surface area contributed by atoms with Crippen molar-refractivity contribution in [2.24, 2.45) is 5.92 Å². The number of benzene rings is 1. The quantitative estimate of drug-likeness (QED) is 0.768. The van der Waals surface area contributed by atoms with Gasteiger partial charge in [0.05, 0.1) is 0 Å². The SMILES string of the molecule is CCC(C)C(CNC1CC1)c1ccccc1. The zero-order valence-electron chi connectivity index (χ0n) is 10.4. The molecular formula is C15H23N. The molecule has 1 saturated carbocycles. The predicted molar refractivity (Wildman–Crippen MR) is 69.7 cm³/mol. The molecule has 0 saturated heterocycles. The van der Waals surface area contributed by atoms with Crippen LogP contribution in [0.2, 0.25) is 0 Å². The Labute approximate surface area is 99.3 Å². The lowest BCUT2D eigenvalue weighted by Crippen LogP contribution is -2.27. The van der Waals surface area contributed by atoms with Gasteiger partial charge < -0.3 is 5.32 Å². The van der Waals surface area contributed by atoms with Crippen molar-refractivity contribution in [1.82, 2.24) is 5.32 Å². The maximum Gasteiger partial charge on any atom is 0.00684 e. The van der Waals surface area contributed by atoms with Crippen LogP contribution in [0.15, 0.2) is 30.3 Å². The van der Waals surface area contributed by atoms with Crippen molar-refractivity contribution in [3.05, 3.63) is 35.9 Å². The summed E-state index contributed by atoms with van der Waals surface area (Å²) in [6.07, 6.45) is 4.01. The van der Waals surface area contributed by atoms with Crippen LogP contribution in [0.1, 0.15) is 44.6 Å². The second kappa shape index (κ2) is 5.49. The highest BCUT2D eigenvalue weighted by Crippen LogP contribution is 2.28. The molecule has 0 aromatic heterocycles. The van der Waals surface area contributed by atoms with Crippen LogP contribution < -0.4 is 5.32 Å². The van der Waals surface area contributed by atoms with Gasteiger partial charge in [0, 0.05) is 12.6 Å². The number of hydrogen-bond donors (Lipinski definition) is 1. The summed E-state index contributed by atoms with van der Waals surface area (Å²) < 4.78 is 0. The fourth-order valence-electron chi connectivity index (χ4n) is 2.21. The molecule has 1 heteroatoms. The molecule has 1 aliphatic carbocycles. The van der Waals surface area contributed by atoms with E-state index in [1.807, 2.05) is 0 Å². The van der Waals surface area contributed by atoms with E-state index in [-0.39, 0.29) is 0 Å². The van der Waals surface area contributed by atoms with E-state index in [1.165, 1.54) is 24.8 Å². The molecule has 0 bridgehead atoms. The summed E-state index contributed by atoms with van der Waals surface area (Å²) >= 11 is 0. The maximum atomic E-state index is 3.67. The maximum absolute atomic E-state index is 3.67. The van der Waals surface area contributed by atoms with Gasteiger partial charge in [0.15, 0.2) is 0 Å². The summed E-state index contributed by atoms with van der Waals surface area (Å²) in [7, 11) is 0. The van der Waals surface area contributed by atoms with Gasteiger partial charge in [-0.25, -0.2) is 0 Å². The number of hydrogen-bond acceptors (Lipinski definition) is 1. The van der Waals surface area contributed by atoms with E-state index in [2.05, 4.69) is 49.5 Å². The van der Waals surface area contributed by atoms with E-state index in [4.69, 9.17) is 0 Å². The van der Waals surface area contributed by atoms with Crippen LogP contribution >= 0.6 is 0 Å². The fourth-order valence-corrected chi connectivity index (χ4v) is 2.21. The summed E-state index contributed by atoms with van der Waals surface area (Å²) in [5.41, 5.74) is 1.49. The van der Waals surface area contributed by atoms with Crippen molar-refractivity contribution in [2.45, 2.75) is 45.1 Å². The van der Waals surface area contributed by atoms with Gasteiger partial charge in [-0.05, 0) is 30.2 Å². The number of rotatable bonds is 6. The molecule has 88 valence electrons. The number of nitrogens with one attached hydrogen (secondary N) is 1. The first-order chi connectivity index (χ1) is 7.81. The summed E-state index contributed by atoms with van der Waals surface area (Å²) in [5, 5.41) is 3.67.